The van der Waals surface area contributed by atoms with Gasteiger partial charge in [-0.05, 0) is 24.3 Å². The van der Waals surface area contributed by atoms with E-state index in [1.807, 2.05) is 30.3 Å². The molecule has 0 bridgehead atoms. The quantitative estimate of drug-likeness (QED) is 0.793. The monoisotopic (exact) mass is 231 g/mol. The second kappa shape index (κ2) is 5.23. The summed E-state index contributed by atoms with van der Waals surface area (Å²) in [6.07, 6.45) is 0. The molecule has 0 amide bonds. The van der Waals surface area contributed by atoms with Crippen LogP contribution >= 0.6 is 0 Å². The van der Waals surface area contributed by atoms with Crippen LogP contribution in [0.2, 0.25) is 0 Å². The molecular weight excluding hydrogens is 218 g/mol. The summed E-state index contributed by atoms with van der Waals surface area (Å²) < 4.78 is 10.7. The van der Waals surface area contributed by atoms with Gasteiger partial charge in [-0.2, -0.15) is 0 Å². The SMILES string of the molecule is COc1ccc(Oc2ccccc2)c(NO)c1. The van der Waals surface area contributed by atoms with Gasteiger partial charge in [0, 0.05) is 6.07 Å². The number of hydrogen-bond acceptors (Lipinski definition) is 4. The summed E-state index contributed by atoms with van der Waals surface area (Å²) in [6.45, 7) is 0. The zero-order valence-electron chi connectivity index (χ0n) is 9.38. The Morgan fingerprint density at radius 3 is 2.41 bits per heavy atom. The fourth-order valence-corrected chi connectivity index (χ4v) is 1.43. The average molecular weight is 231 g/mol. The van der Waals surface area contributed by atoms with Crippen molar-refractivity contribution >= 4 is 5.69 Å². The number of anilines is 1. The van der Waals surface area contributed by atoms with Crippen molar-refractivity contribution in [3.8, 4) is 17.2 Å². The fourth-order valence-electron chi connectivity index (χ4n) is 1.43. The van der Waals surface area contributed by atoms with Crippen LogP contribution in [0.4, 0.5) is 5.69 Å². The molecule has 88 valence electrons. The molecule has 2 aromatic carbocycles. The van der Waals surface area contributed by atoms with Gasteiger partial charge in [0.2, 0.25) is 0 Å². The van der Waals surface area contributed by atoms with E-state index in [1.165, 1.54) is 0 Å². The number of benzene rings is 2. The Morgan fingerprint density at radius 2 is 1.76 bits per heavy atom. The zero-order valence-corrected chi connectivity index (χ0v) is 9.38. The summed E-state index contributed by atoms with van der Waals surface area (Å²) in [5, 5.41) is 9.03. The molecule has 17 heavy (non-hydrogen) atoms. The second-order valence-corrected chi connectivity index (χ2v) is 3.39. The standard InChI is InChI=1S/C13H13NO3/c1-16-11-7-8-13(12(9-11)14-15)17-10-5-3-2-4-6-10/h2-9,14-15H,1H3. The fraction of sp³-hybridized carbons (Fsp3) is 0.0769. The van der Waals surface area contributed by atoms with Crippen molar-refractivity contribution in [2.45, 2.75) is 0 Å². The van der Waals surface area contributed by atoms with E-state index in [4.69, 9.17) is 14.7 Å². The molecule has 0 fully saturated rings. The Hall–Kier alpha value is -2.20. The normalized spacial score (nSPS) is 9.76. The topological polar surface area (TPSA) is 50.7 Å². The van der Waals surface area contributed by atoms with E-state index in [2.05, 4.69) is 5.48 Å². The van der Waals surface area contributed by atoms with Crippen LogP contribution in [0, 0.1) is 0 Å². The third-order valence-electron chi connectivity index (χ3n) is 2.28. The third kappa shape index (κ3) is 2.68. The van der Waals surface area contributed by atoms with E-state index in [9.17, 15) is 0 Å². The first kappa shape index (κ1) is 11.3. The molecule has 0 radical (unpaired) electrons. The molecule has 0 saturated carbocycles. The van der Waals surface area contributed by atoms with Crippen LogP contribution in [0.5, 0.6) is 17.2 Å². The maximum Gasteiger partial charge on any atom is 0.153 e. The van der Waals surface area contributed by atoms with Crippen LogP contribution in [0.1, 0.15) is 0 Å². The largest absolute Gasteiger partial charge is 0.497 e. The first-order chi connectivity index (χ1) is 8.33. The van der Waals surface area contributed by atoms with Gasteiger partial charge in [-0.15, -0.1) is 0 Å². The summed E-state index contributed by atoms with van der Waals surface area (Å²) in [6, 6.07) is 14.5. The number of methoxy groups -OCH3 is 1. The molecule has 0 atom stereocenters. The summed E-state index contributed by atoms with van der Waals surface area (Å²) in [4.78, 5) is 0. The zero-order chi connectivity index (χ0) is 12.1. The molecule has 0 spiro atoms. The average Bonchev–Trinajstić information content (AvgIpc) is 2.40. The van der Waals surface area contributed by atoms with Crippen molar-refractivity contribution in [1.82, 2.24) is 0 Å². The molecule has 4 heteroatoms. The molecule has 0 aliphatic carbocycles. The molecule has 0 saturated heterocycles. The van der Waals surface area contributed by atoms with Crippen LogP contribution < -0.4 is 15.0 Å². The van der Waals surface area contributed by atoms with Gasteiger partial charge >= 0.3 is 0 Å². The predicted octanol–water partition coefficient (Wildman–Crippen LogP) is 3.29. The van der Waals surface area contributed by atoms with Crippen molar-refractivity contribution in [1.29, 1.82) is 0 Å². The molecule has 2 N–H and O–H groups in total. The van der Waals surface area contributed by atoms with Crippen LogP contribution in [-0.2, 0) is 0 Å². The van der Waals surface area contributed by atoms with Gasteiger partial charge in [0.25, 0.3) is 0 Å². The molecule has 4 nitrogen and oxygen atoms in total. The molecule has 0 aliphatic rings. The summed E-state index contributed by atoms with van der Waals surface area (Å²) in [7, 11) is 1.56. The number of nitrogens with one attached hydrogen (secondary N) is 1. The van der Waals surface area contributed by atoms with Crippen LogP contribution in [0.15, 0.2) is 48.5 Å². The van der Waals surface area contributed by atoms with Gasteiger partial charge in [0.15, 0.2) is 5.75 Å². The number of hydrogen-bond donors (Lipinski definition) is 2. The summed E-state index contributed by atoms with van der Waals surface area (Å²) in [5.74, 6) is 1.87. The smallest absolute Gasteiger partial charge is 0.153 e. The first-order valence-corrected chi connectivity index (χ1v) is 5.14. The Balaban J connectivity index is 2.26. The lowest BCUT2D eigenvalue weighted by Gasteiger charge is -2.11. The van der Waals surface area contributed by atoms with Gasteiger partial charge in [-0.1, -0.05) is 18.2 Å². The van der Waals surface area contributed by atoms with E-state index in [1.54, 1.807) is 25.3 Å². The highest BCUT2D eigenvalue weighted by atomic mass is 16.5. The Morgan fingerprint density at radius 1 is 1.00 bits per heavy atom. The molecule has 0 aromatic heterocycles. The Kier molecular flexibility index (Phi) is 3.47. The van der Waals surface area contributed by atoms with Gasteiger partial charge < -0.3 is 9.47 Å². The minimum atomic E-state index is 0.452. The lowest BCUT2D eigenvalue weighted by Crippen LogP contribution is -1.95. The number of rotatable bonds is 4. The van der Waals surface area contributed by atoms with Crippen molar-refractivity contribution in [2.24, 2.45) is 0 Å². The summed E-state index contributed by atoms with van der Waals surface area (Å²) in [5.41, 5.74) is 2.54. The van der Waals surface area contributed by atoms with E-state index >= 15 is 0 Å². The molecular formula is C13H13NO3. The van der Waals surface area contributed by atoms with E-state index in [-0.39, 0.29) is 0 Å². The van der Waals surface area contributed by atoms with Crippen LogP contribution in [0.3, 0.4) is 0 Å². The molecule has 0 aliphatic heterocycles. The molecule has 2 aromatic rings. The highest BCUT2D eigenvalue weighted by molar-refractivity contribution is 5.59. The lowest BCUT2D eigenvalue weighted by molar-refractivity contribution is 0.379. The van der Waals surface area contributed by atoms with Gasteiger partial charge in [-0.25, -0.2) is 0 Å². The van der Waals surface area contributed by atoms with Crippen molar-refractivity contribution in [2.75, 3.05) is 12.6 Å². The minimum absolute atomic E-state index is 0.452. The van der Waals surface area contributed by atoms with Crippen LogP contribution in [0.25, 0.3) is 0 Å². The number of ether oxygens (including phenoxy) is 2. The van der Waals surface area contributed by atoms with Gasteiger partial charge in [0.05, 0.1) is 7.11 Å². The maximum absolute atomic E-state index is 9.03. The predicted molar refractivity (Wildman–Crippen MR) is 64.9 cm³/mol. The molecule has 0 unspecified atom stereocenters. The number of para-hydroxylation sites is 1. The Labute approximate surface area is 99.4 Å². The van der Waals surface area contributed by atoms with Gasteiger partial charge in [-0.3, -0.25) is 10.7 Å². The van der Waals surface area contributed by atoms with Crippen molar-refractivity contribution < 1.29 is 14.7 Å². The minimum Gasteiger partial charge on any atom is -0.497 e. The van der Waals surface area contributed by atoms with Gasteiger partial charge in [0.1, 0.15) is 17.2 Å². The maximum atomic E-state index is 9.03. The van der Waals surface area contributed by atoms with E-state index < -0.39 is 0 Å². The van der Waals surface area contributed by atoms with Crippen LogP contribution in [-0.4, -0.2) is 12.3 Å². The van der Waals surface area contributed by atoms with E-state index in [0.29, 0.717) is 22.9 Å². The second-order valence-electron chi connectivity index (χ2n) is 3.39. The van der Waals surface area contributed by atoms with Crippen molar-refractivity contribution in [3.05, 3.63) is 48.5 Å². The highest BCUT2D eigenvalue weighted by Crippen LogP contribution is 2.32. The van der Waals surface area contributed by atoms with Crippen molar-refractivity contribution in [3.63, 3.8) is 0 Å². The first-order valence-electron chi connectivity index (χ1n) is 5.14. The molecule has 0 heterocycles. The lowest BCUT2D eigenvalue weighted by atomic mass is 10.2. The summed E-state index contributed by atoms with van der Waals surface area (Å²) >= 11 is 0. The highest BCUT2D eigenvalue weighted by Gasteiger charge is 2.05. The van der Waals surface area contributed by atoms with E-state index in [0.717, 1.165) is 0 Å². The third-order valence-corrected chi connectivity index (χ3v) is 2.28. The Bertz CT molecular complexity index is 485. The molecule has 2 rings (SSSR count).